The molecule has 330 valence electrons. The van der Waals surface area contributed by atoms with E-state index in [1.54, 1.807) is 0 Å². The van der Waals surface area contributed by atoms with Gasteiger partial charge in [0.25, 0.3) is 30.4 Å². The van der Waals surface area contributed by atoms with Gasteiger partial charge in [0, 0.05) is 103 Å². The predicted octanol–water partition coefficient (Wildman–Crippen LogP) is 6.25. The maximum Gasteiger partial charge on any atom is 0.265 e. The van der Waals surface area contributed by atoms with Crippen molar-refractivity contribution in [3.63, 3.8) is 0 Å². The van der Waals surface area contributed by atoms with E-state index in [-0.39, 0.29) is 25.0 Å². The van der Waals surface area contributed by atoms with E-state index in [0.717, 1.165) is 76.8 Å². The number of fused-ring (bicyclic) bond motifs is 2. The van der Waals surface area contributed by atoms with Gasteiger partial charge in [-0.25, -0.2) is 5.26 Å². The van der Waals surface area contributed by atoms with Crippen LogP contribution in [0.3, 0.4) is 0 Å². The Bertz CT molecular complexity index is 2220. The average Bonchev–Trinajstić information content (AvgIpc) is 3.47. The fourth-order valence-electron chi connectivity index (χ4n) is 7.99. The summed E-state index contributed by atoms with van der Waals surface area (Å²) in [5.41, 5.74) is 6.38. The lowest BCUT2D eigenvalue weighted by Crippen LogP contribution is -2.29. The molecule has 2 aliphatic heterocycles. The fraction of sp³-hybridized carbons (Fsp3) is 0.564. The molecule has 2 aromatic rings. The third-order valence-corrected chi connectivity index (χ3v) is 13.9. The number of benzene rings is 2. The van der Waals surface area contributed by atoms with Gasteiger partial charge in [-0.15, -0.1) is 4.33 Å². The zero-order valence-corrected chi connectivity index (χ0v) is 37.8. The van der Waals surface area contributed by atoms with Crippen molar-refractivity contribution in [3.8, 4) is 0 Å². The predicted molar refractivity (Wildman–Crippen MR) is 234 cm³/mol. The van der Waals surface area contributed by atoms with Gasteiger partial charge in [0.2, 0.25) is 5.69 Å². The summed E-state index contributed by atoms with van der Waals surface area (Å²) in [6, 6.07) is 12.2. The van der Waals surface area contributed by atoms with Crippen LogP contribution in [-0.2, 0) is 50.6 Å². The second-order valence-corrected chi connectivity index (χ2v) is 21.1. The Morgan fingerprint density at radius 2 is 1.32 bits per heavy atom. The Morgan fingerprint density at radius 1 is 0.763 bits per heavy atom. The van der Waals surface area contributed by atoms with E-state index in [4.69, 9.17) is 5.26 Å². The Labute approximate surface area is 353 Å². The van der Waals surface area contributed by atoms with Crippen molar-refractivity contribution < 1.29 is 58.1 Å². The number of allylic oxidation sites excluding steroid dienone is 4. The van der Waals surface area contributed by atoms with E-state index in [1.807, 2.05) is 54.3 Å². The summed E-state index contributed by atoms with van der Waals surface area (Å²) in [5, 5.41) is 12.1. The normalized spacial score (nSPS) is 17.0. The van der Waals surface area contributed by atoms with Crippen LogP contribution in [0.2, 0.25) is 0 Å². The second kappa shape index (κ2) is 20.2. The lowest BCUT2D eigenvalue weighted by molar-refractivity contribution is -0.437. The van der Waals surface area contributed by atoms with E-state index in [9.17, 15) is 38.9 Å². The minimum atomic E-state index is -4.20. The first-order valence-electron chi connectivity index (χ1n) is 19.6. The number of hydrogen-bond acceptors (Lipinski definition) is 13. The molecule has 0 saturated heterocycles. The van der Waals surface area contributed by atoms with Gasteiger partial charge in [0.05, 0.1) is 22.7 Å². The van der Waals surface area contributed by atoms with Crippen LogP contribution in [0.5, 0.6) is 0 Å². The van der Waals surface area contributed by atoms with E-state index in [1.165, 1.54) is 0 Å². The molecule has 20 heteroatoms. The van der Waals surface area contributed by atoms with Crippen LogP contribution in [0.4, 0.5) is 22.7 Å². The number of hydrogen-bond donors (Lipinski definition) is 4. The van der Waals surface area contributed by atoms with Crippen molar-refractivity contribution in [2.24, 2.45) is 0 Å². The van der Waals surface area contributed by atoms with Gasteiger partial charge in [0.1, 0.15) is 6.54 Å². The van der Waals surface area contributed by atoms with Gasteiger partial charge in [-0.3, -0.25) is 13.7 Å². The van der Waals surface area contributed by atoms with E-state index in [0.29, 0.717) is 31.9 Å². The molecule has 0 aromatic heterocycles. The molecule has 0 spiro atoms. The van der Waals surface area contributed by atoms with Crippen LogP contribution in [0.1, 0.15) is 78.4 Å². The molecule has 4 N–H and O–H groups in total. The minimum Gasteiger partial charge on any atom is -0.372 e. The molecular weight excluding hydrogens is 845 g/mol. The summed E-state index contributed by atoms with van der Waals surface area (Å²) in [6.45, 7) is 15.5. The highest BCUT2D eigenvalue weighted by Gasteiger charge is 2.45. The van der Waals surface area contributed by atoms with Crippen LogP contribution < -0.4 is 14.7 Å². The summed E-state index contributed by atoms with van der Waals surface area (Å²) in [5.74, 6) is -0.556. The lowest BCUT2D eigenvalue weighted by atomic mass is 9.81. The summed E-state index contributed by atoms with van der Waals surface area (Å²) in [7, 11) is -12.5. The maximum atomic E-state index is 11.7. The first kappa shape index (κ1) is 48.6. The number of nitrogens with zero attached hydrogens (tertiary/aromatic N) is 4. The van der Waals surface area contributed by atoms with Crippen LogP contribution in [0, 0.1) is 0 Å². The van der Waals surface area contributed by atoms with Gasteiger partial charge in [0.15, 0.2) is 5.71 Å². The zero-order valence-electron chi connectivity index (χ0n) is 34.6. The van der Waals surface area contributed by atoms with Crippen molar-refractivity contribution >= 4 is 70.9 Å². The monoisotopic (exact) mass is 903 g/mol. The van der Waals surface area contributed by atoms with Crippen LogP contribution in [0.25, 0.3) is 0 Å². The molecule has 2 aliphatic rings. The molecule has 0 amide bonds. The molecule has 2 aromatic carbocycles. The van der Waals surface area contributed by atoms with Crippen LogP contribution in [0.15, 0.2) is 60.3 Å². The Hall–Kier alpha value is -3.05. The van der Waals surface area contributed by atoms with Crippen LogP contribution >= 0.6 is 12.0 Å². The van der Waals surface area contributed by atoms with Crippen molar-refractivity contribution in [2.75, 3.05) is 77.0 Å². The van der Waals surface area contributed by atoms with Crippen molar-refractivity contribution in [1.29, 1.82) is 0 Å². The summed E-state index contributed by atoms with van der Waals surface area (Å²) in [6.07, 6.45) is 7.30. The molecule has 59 heavy (non-hydrogen) atoms. The van der Waals surface area contributed by atoms with E-state index < -0.39 is 52.7 Å². The van der Waals surface area contributed by atoms with Crippen molar-refractivity contribution in [3.05, 3.63) is 71.5 Å². The molecule has 0 fully saturated rings. The molecular formula is C39H59N4O12S4+. The van der Waals surface area contributed by atoms with E-state index >= 15 is 0 Å². The molecule has 0 saturated carbocycles. The first-order valence-corrected chi connectivity index (χ1v) is 25.3. The molecule has 16 nitrogen and oxygen atoms in total. The SMILES string of the molecule is CCN(CCCSOOO)c1ccc2c(c1)C(C)(C)C(C=C/C=C1/N(CCCS(=O)(=O)O)c3ccc(N(CC)CCCS(=O)(=O)O)cc3C1(C)C)=[N+]2CCCS(=O)(=O)O. The second-order valence-electron chi connectivity index (χ2n) is 15.6. The average molecular weight is 904 g/mol. The third kappa shape index (κ3) is 13.0. The summed E-state index contributed by atoms with van der Waals surface area (Å²) < 4.78 is 105. The van der Waals surface area contributed by atoms with Gasteiger partial charge >= 0.3 is 0 Å². The lowest BCUT2D eigenvalue weighted by Gasteiger charge is -2.27. The largest absolute Gasteiger partial charge is 0.372 e. The topological polar surface area (TPSA) is 215 Å². The highest BCUT2D eigenvalue weighted by Crippen LogP contribution is 2.49. The quantitative estimate of drug-likeness (QED) is 0.0229. The van der Waals surface area contributed by atoms with Gasteiger partial charge in [-0.2, -0.15) is 29.8 Å². The first-order chi connectivity index (χ1) is 27.5. The molecule has 4 rings (SSSR count). The standard InChI is InChI=1S/C39H58N4O12S4/c1-7-40(20-10-24-56-55-54-44)30-16-18-34-32(28-30)38(3,4)36(42(34)22-12-26-58(48,49)50)14-9-15-37-39(5,6)33-29-31(41(8-2)21-11-25-57(45,46)47)17-19-35(33)43(37)23-13-27-59(51,52)53/h9,14-19,28-29H,7-8,10-13,20-27H2,1-6H3,(H3-,44,45,46,47,48,49,50,51,52,53)/p+1. The van der Waals surface area contributed by atoms with Gasteiger partial charge in [-0.1, -0.05) is 25.0 Å². The Balaban J connectivity index is 1.74. The molecule has 0 bridgehead atoms. The zero-order chi connectivity index (χ0) is 43.8. The van der Waals surface area contributed by atoms with Gasteiger partial charge in [-0.05, 0) is 88.9 Å². The highest BCUT2D eigenvalue weighted by molar-refractivity contribution is 7.94. The summed E-state index contributed by atoms with van der Waals surface area (Å²) in [4.78, 5) is 6.32. The highest BCUT2D eigenvalue weighted by atomic mass is 32.2. The van der Waals surface area contributed by atoms with Crippen molar-refractivity contribution in [1.82, 2.24) is 0 Å². The fourth-order valence-corrected chi connectivity index (χ4v) is 9.83. The van der Waals surface area contributed by atoms with Crippen LogP contribution in [-0.4, -0.2) is 117 Å². The molecule has 0 radical (unpaired) electrons. The molecule has 2 heterocycles. The third-order valence-electron chi connectivity index (χ3n) is 10.9. The maximum absolute atomic E-state index is 11.7. The number of rotatable bonds is 24. The number of anilines is 3. The summed E-state index contributed by atoms with van der Waals surface area (Å²) >= 11 is 1.01. The Morgan fingerprint density at radius 3 is 1.92 bits per heavy atom. The van der Waals surface area contributed by atoms with E-state index in [2.05, 4.69) is 70.5 Å². The van der Waals surface area contributed by atoms with Crippen molar-refractivity contribution in [2.45, 2.75) is 78.1 Å². The Kier molecular flexibility index (Phi) is 16.7. The molecule has 0 atom stereocenters. The van der Waals surface area contributed by atoms with Gasteiger partial charge < -0.3 is 14.7 Å². The minimum absolute atomic E-state index is 0.163. The molecule has 0 aliphatic carbocycles. The molecule has 0 unspecified atom stereocenters. The smallest absolute Gasteiger partial charge is 0.265 e.